The SMILES string of the molecule is C=C(C)CN1C(=O)C(C)Oc2ccc(NC(=O)CNC(=O)c3ccccc3)cc21. The fourth-order valence-corrected chi connectivity index (χ4v) is 2.98. The minimum absolute atomic E-state index is 0.167. The molecular weight excluding hydrogens is 370 g/mol. The monoisotopic (exact) mass is 393 g/mol. The highest BCUT2D eigenvalue weighted by molar-refractivity contribution is 6.02. The molecule has 150 valence electrons. The van der Waals surface area contributed by atoms with Gasteiger partial charge in [-0.3, -0.25) is 14.4 Å². The summed E-state index contributed by atoms with van der Waals surface area (Å²) in [7, 11) is 0. The largest absolute Gasteiger partial charge is 0.479 e. The van der Waals surface area contributed by atoms with Crippen molar-refractivity contribution in [2.75, 3.05) is 23.3 Å². The molecule has 0 bridgehead atoms. The van der Waals surface area contributed by atoms with Gasteiger partial charge in [0.05, 0.1) is 12.2 Å². The third kappa shape index (κ3) is 4.82. The number of carbonyl (C=O) groups excluding carboxylic acids is 3. The van der Waals surface area contributed by atoms with E-state index in [-0.39, 0.29) is 24.3 Å². The predicted octanol–water partition coefficient (Wildman–Crippen LogP) is 2.75. The van der Waals surface area contributed by atoms with Gasteiger partial charge < -0.3 is 20.3 Å². The topological polar surface area (TPSA) is 87.7 Å². The van der Waals surface area contributed by atoms with Crippen molar-refractivity contribution in [3.8, 4) is 5.75 Å². The van der Waals surface area contributed by atoms with Crippen LogP contribution in [0.2, 0.25) is 0 Å². The van der Waals surface area contributed by atoms with Gasteiger partial charge in [-0.1, -0.05) is 30.4 Å². The van der Waals surface area contributed by atoms with E-state index < -0.39 is 6.10 Å². The minimum Gasteiger partial charge on any atom is -0.479 e. The van der Waals surface area contributed by atoms with Crippen LogP contribution in [0.3, 0.4) is 0 Å². The lowest BCUT2D eigenvalue weighted by Gasteiger charge is -2.33. The molecule has 3 rings (SSSR count). The standard InChI is InChI=1S/C22H23N3O4/c1-14(2)13-25-18-11-17(9-10-19(18)29-15(3)22(25)28)24-20(26)12-23-21(27)16-7-5-4-6-8-16/h4-11,15H,1,12-13H2,2-3H3,(H,23,27)(H,24,26). The van der Waals surface area contributed by atoms with Gasteiger partial charge in [-0.15, -0.1) is 0 Å². The molecule has 7 heteroatoms. The normalized spacial score (nSPS) is 15.2. The van der Waals surface area contributed by atoms with Crippen molar-refractivity contribution in [3.63, 3.8) is 0 Å². The number of rotatable bonds is 6. The molecule has 2 aromatic carbocycles. The predicted molar refractivity (Wildman–Crippen MR) is 111 cm³/mol. The molecule has 3 amide bonds. The summed E-state index contributed by atoms with van der Waals surface area (Å²) in [5.74, 6) is -0.309. The highest BCUT2D eigenvalue weighted by Gasteiger charge is 2.31. The maximum Gasteiger partial charge on any atom is 0.268 e. The van der Waals surface area contributed by atoms with Crippen molar-refractivity contribution in [3.05, 3.63) is 66.2 Å². The van der Waals surface area contributed by atoms with E-state index in [9.17, 15) is 14.4 Å². The minimum atomic E-state index is -0.588. The van der Waals surface area contributed by atoms with Gasteiger partial charge in [0.2, 0.25) is 5.91 Å². The number of hydrogen-bond donors (Lipinski definition) is 2. The molecular formula is C22H23N3O4. The number of carbonyl (C=O) groups is 3. The molecule has 0 aliphatic carbocycles. The lowest BCUT2D eigenvalue weighted by atomic mass is 10.1. The lowest BCUT2D eigenvalue weighted by Crippen LogP contribution is -2.45. The van der Waals surface area contributed by atoms with Crippen molar-refractivity contribution < 1.29 is 19.1 Å². The van der Waals surface area contributed by atoms with Gasteiger partial charge in [-0.05, 0) is 44.2 Å². The molecule has 0 aromatic heterocycles. The molecule has 0 fully saturated rings. The molecule has 0 saturated carbocycles. The fraction of sp³-hybridized carbons (Fsp3) is 0.227. The Morgan fingerprint density at radius 3 is 2.59 bits per heavy atom. The summed E-state index contributed by atoms with van der Waals surface area (Å²) in [6.07, 6.45) is -0.588. The summed E-state index contributed by atoms with van der Waals surface area (Å²) in [6.45, 7) is 7.60. The van der Waals surface area contributed by atoms with E-state index in [0.29, 0.717) is 29.2 Å². The van der Waals surface area contributed by atoms with Crippen LogP contribution >= 0.6 is 0 Å². The molecule has 29 heavy (non-hydrogen) atoms. The first-order valence-corrected chi connectivity index (χ1v) is 9.24. The zero-order valence-electron chi connectivity index (χ0n) is 16.4. The Labute approximate surface area is 169 Å². The number of anilines is 2. The summed E-state index contributed by atoms with van der Waals surface area (Å²) in [4.78, 5) is 38.4. The summed E-state index contributed by atoms with van der Waals surface area (Å²) in [5.41, 5.74) is 2.38. The molecule has 7 nitrogen and oxygen atoms in total. The third-order valence-electron chi connectivity index (χ3n) is 4.32. The molecule has 0 saturated heterocycles. The van der Waals surface area contributed by atoms with Crippen LogP contribution in [0.1, 0.15) is 24.2 Å². The van der Waals surface area contributed by atoms with Crippen molar-refractivity contribution in [1.29, 1.82) is 0 Å². The van der Waals surface area contributed by atoms with Crippen molar-refractivity contribution >= 4 is 29.1 Å². The van der Waals surface area contributed by atoms with E-state index >= 15 is 0 Å². The van der Waals surface area contributed by atoms with Crippen molar-refractivity contribution in [2.24, 2.45) is 0 Å². The second-order valence-corrected chi connectivity index (χ2v) is 6.92. The van der Waals surface area contributed by atoms with E-state index in [1.165, 1.54) is 0 Å². The van der Waals surface area contributed by atoms with Crippen LogP contribution in [0, 0.1) is 0 Å². The second kappa shape index (κ2) is 8.60. The Morgan fingerprint density at radius 2 is 1.90 bits per heavy atom. The number of amides is 3. The number of nitrogens with one attached hydrogen (secondary N) is 2. The number of fused-ring (bicyclic) bond motifs is 1. The highest BCUT2D eigenvalue weighted by Crippen LogP contribution is 2.36. The first-order chi connectivity index (χ1) is 13.8. The Bertz CT molecular complexity index is 956. The van der Waals surface area contributed by atoms with Gasteiger partial charge in [-0.2, -0.15) is 0 Å². The van der Waals surface area contributed by atoms with Crippen LogP contribution in [0.5, 0.6) is 5.75 Å². The van der Waals surface area contributed by atoms with Gasteiger partial charge in [0.15, 0.2) is 6.10 Å². The van der Waals surface area contributed by atoms with Gasteiger partial charge >= 0.3 is 0 Å². The Hall–Kier alpha value is -3.61. The van der Waals surface area contributed by atoms with Crippen LogP contribution in [-0.4, -0.2) is 36.9 Å². The molecule has 0 radical (unpaired) electrons. The zero-order valence-corrected chi connectivity index (χ0v) is 16.4. The first kappa shape index (κ1) is 20.1. The Kier molecular flexibility index (Phi) is 5.97. The summed E-state index contributed by atoms with van der Waals surface area (Å²) >= 11 is 0. The second-order valence-electron chi connectivity index (χ2n) is 6.92. The van der Waals surface area contributed by atoms with E-state index in [1.807, 2.05) is 13.0 Å². The maximum atomic E-state index is 12.5. The third-order valence-corrected chi connectivity index (χ3v) is 4.32. The van der Waals surface area contributed by atoms with E-state index in [4.69, 9.17) is 4.74 Å². The van der Waals surface area contributed by atoms with Crippen molar-refractivity contribution in [2.45, 2.75) is 20.0 Å². The number of nitrogens with zero attached hydrogens (tertiary/aromatic N) is 1. The number of ether oxygens (including phenoxy) is 1. The molecule has 1 aliphatic heterocycles. The Balaban J connectivity index is 1.68. The van der Waals surface area contributed by atoms with E-state index in [2.05, 4.69) is 17.2 Å². The summed E-state index contributed by atoms with van der Waals surface area (Å²) < 4.78 is 5.65. The van der Waals surface area contributed by atoms with Gasteiger partial charge in [0.25, 0.3) is 11.8 Å². The number of hydrogen-bond acceptors (Lipinski definition) is 4. The molecule has 1 aliphatic rings. The van der Waals surface area contributed by atoms with Gasteiger partial charge in [0, 0.05) is 17.8 Å². The average molecular weight is 393 g/mol. The van der Waals surface area contributed by atoms with E-state index in [1.54, 1.807) is 54.3 Å². The summed E-state index contributed by atoms with van der Waals surface area (Å²) in [5, 5.41) is 5.31. The first-order valence-electron chi connectivity index (χ1n) is 9.24. The molecule has 2 aromatic rings. The van der Waals surface area contributed by atoms with E-state index in [0.717, 1.165) is 5.57 Å². The molecule has 2 N–H and O–H groups in total. The maximum absolute atomic E-state index is 12.5. The van der Waals surface area contributed by atoms with Crippen LogP contribution < -0.4 is 20.3 Å². The van der Waals surface area contributed by atoms with Crippen molar-refractivity contribution in [1.82, 2.24) is 5.32 Å². The summed E-state index contributed by atoms with van der Waals surface area (Å²) in [6, 6.07) is 13.7. The van der Waals surface area contributed by atoms with Gasteiger partial charge in [0.1, 0.15) is 5.75 Å². The van der Waals surface area contributed by atoms with Crippen LogP contribution in [0.25, 0.3) is 0 Å². The molecule has 0 spiro atoms. The quantitative estimate of drug-likeness (QED) is 0.739. The van der Waals surface area contributed by atoms with Crippen LogP contribution in [0.4, 0.5) is 11.4 Å². The van der Waals surface area contributed by atoms with Gasteiger partial charge in [-0.25, -0.2) is 0 Å². The van der Waals surface area contributed by atoms with Crippen LogP contribution in [-0.2, 0) is 9.59 Å². The lowest BCUT2D eigenvalue weighted by molar-refractivity contribution is -0.125. The Morgan fingerprint density at radius 1 is 1.17 bits per heavy atom. The number of benzene rings is 2. The molecule has 1 unspecified atom stereocenters. The molecule has 1 heterocycles. The smallest absolute Gasteiger partial charge is 0.268 e. The fourth-order valence-electron chi connectivity index (χ4n) is 2.98. The van der Waals surface area contributed by atoms with Crippen LogP contribution in [0.15, 0.2) is 60.7 Å². The average Bonchev–Trinajstić information content (AvgIpc) is 2.70. The highest BCUT2D eigenvalue weighted by atomic mass is 16.5. The zero-order chi connectivity index (χ0) is 21.0. The molecule has 1 atom stereocenters.